The van der Waals surface area contributed by atoms with E-state index in [1.54, 1.807) is 25.4 Å². The minimum absolute atomic E-state index is 0.173. The molecule has 2 heterocycles. The maximum atomic E-state index is 10.6. The summed E-state index contributed by atoms with van der Waals surface area (Å²) in [4.78, 5) is 14.8. The molecule has 0 radical (unpaired) electrons. The molecule has 0 aliphatic carbocycles. The molecule has 0 saturated carbocycles. The summed E-state index contributed by atoms with van der Waals surface area (Å²) in [5, 5.41) is 16.7. The summed E-state index contributed by atoms with van der Waals surface area (Å²) < 4.78 is 12.7. The minimum Gasteiger partial charge on any atom is -0.494 e. The van der Waals surface area contributed by atoms with Crippen molar-refractivity contribution in [2.24, 2.45) is 5.73 Å². The second kappa shape index (κ2) is 11.0. The van der Waals surface area contributed by atoms with Crippen LogP contribution in [0.15, 0.2) is 47.2 Å². The number of nitrogens with zero attached hydrogens (tertiary/aromatic N) is 3. The molecule has 0 saturated heterocycles. The molecule has 1 amide bonds. The van der Waals surface area contributed by atoms with Gasteiger partial charge in [-0.15, -0.1) is 0 Å². The molecule has 1 atom stereocenters. The van der Waals surface area contributed by atoms with Gasteiger partial charge in [-0.2, -0.15) is 0 Å². The second-order valence-corrected chi connectivity index (χ2v) is 6.89. The first kappa shape index (κ1) is 22.1. The molecule has 0 spiro atoms. The third-order valence-corrected chi connectivity index (χ3v) is 4.26. The van der Waals surface area contributed by atoms with E-state index in [4.69, 9.17) is 15.0 Å². The summed E-state index contributed by atoms with van der Waals surface area (Å²) in [5.74, 6) is 7.39. The molecule has 0 bridgehead atoms. The van der Waals surface area contributed by atoms with Gasteiger partial charge in [0.25, 0.3) is 0 Å². The monoisotopic (exact) mass is 423 g/mol. The number of hydrogen-bond acceptors (Lipinski definition) is 7. The summed E-state index contributed by atoms with van der Waals surface area (Å²) in [6.45, 7) is 3.47. The van der Waals surface area contributed by atoms with E-state index in [0.29, 0.717) is 37.0 Å². The number of benzene rings is 1. The number of aliphatic hydroxyl groups is 1. The molecule has 31 heavy (non-hydrogen) atoms. The van der Waals surface area contributed by atoms with Crippen LogP contribution in [0.1, 0.15) is 42.3 Å². The summed E-state index contributed by atoms with van der Waals surface area (Å²) in [6, 6.07) is 9.20. The third kappa shape index (κ3) is 6.99. The van der Waals surface area contributed by atoms with Crippen molar-refractivity contribution in [1.82, 2.24) is 20.0 Å². The second-order valence-electron chi connectivity index (χ2n) is 6.89. The van der Waals surface area contributed by atoms with Gasteiger partial charge in [0.05, 0.1) is 19.7 Å². The number of imidazole rings is 1. The van der Waals surface area contributed by atoms with Gasteiger partial charge < -0.3 is 30.0 Å². The van der Waals surface area contributed by atoms with Crippen molar-refractivity contribution < 1.29 is 19.2 Å². The number of nitrogens with one attached hydrogen (secondary N) is 1. The Hall–Kier alpha value is -3.61. The first-order chi connectivity index (χ1) is 15.0. The fraction of sp³-hybridized carbons (Fsp3) is 0.318. The molecule has 9 nitrogen and oxygen atoms in total. The van der Waals surface area contributed by atoms with E-state index >= 15 is 0 Å². The molecule has 2 aromatic heterocycles. The van der Waals surface area contributed by atoms with E-state index in [1.165, 1.54) is 0 Å². The molecule has 0 aliphatic heterocycles. The van der Waals surface area contributed by atoms with Gasteiger partial charge in [-0.25, -0.2) is 4.98 Å². The SMILES string of the molecule is C[C@H](O)c1nccn1Cc1cc(C#Cc2ccc(OCCCNCC(N)=O)cc2)on1. The van der Waals surface area contributed by atoms with E-state index in [-0.39, 0.29) is 12.5 Å². The van der Waals surface area contributed by atoms with Gasteiger partial charge in [-0.05, 0) is 50.1 Å². The lowest BCUT2D eigenvalue weighted by molar-refractivity contribution is -0.117. The Bertz CT molecular complexity index is 1040. The Morgan fingerprint density at radius 1 is 1.35 bits per heavy atom. The van der Waals surface area contributed by atoms with Gasteiger partial charge in [-0.3, -0.25) is 4.79 Å². The number of amides is 1. The van der Waals surface area contributed by atoms with Crippen LogP contribution < -0.4 is 15.8 Å². The standard InChI is InChI=1S/C22H25N5O4/c1-16(28)22-25-10-11-27(22)15-18-13-20(31-26-18)8-5-17-3-6-19(7-4-17)30-12-2-9-24-14-21(23)29/h3-4,6-7,10-11,13,16,24,28H,2,9,12,14-15H2,1H3,(H2,23,29)/t16-/m0/s1. The van der Waals surface area contributed by atoms with Gasteiger partial charge >= 0.3 is 0 Å². The van der Waals surface area contributed by atoms with Crippen LogP contribution >= 0.6 is 0 Å². The number of primary amides is 1. The van der Waals surface area contributed by atoms with Crippen LogP contribution in [0, 0.1) is 11.8 Å². The van der Waals surface area contributed by atoms with Crippen LogP contribution in [0.3, 0.4) is 0 Å². The third-order valence-electron chi connectivity index (χ3n) is 4.26. The zero-order valence-electron chi connectivity index (χ0n) is 17.2. The van der Waals surface area contributed by atoms with Crippen LogP contribution in [-0.2, 0) is 11.3 Å². The molecular formula is C22H25N5O4. The highest BCUT2D eigenvalue weighted by Gasteiger charge is 2.11. The van der Waals surface area contributed by atoms with Gasteiger partial charge in [0.1, 0.15) is 23.4 Å². The first-order valence-corrected chi connectivity index (χ1v) is 9.90. The van der Waals surface area contributed by atoms with Gasteiger partial charge in [0, 0.05) is 24.0 Å². The lowest BCUT2D eigenvalue weighted by Gasteiger charge is -2.07. The number of nitrogens with two attached hydrogens (primary N) is 1. The maximum Gasteiger partial charge on any atom is 0.231 e. The van der Waals surface area contributed by atoms with Crippen LogP contribution in [0.2, 0.25) is 0 Å². The Kier molecular flexibility index (Phi) is 7.81. The molecular weight excluding hydrogens is 398 g/mol. The van der Waals surface area contributed by atoms with Gasteiger partial charge in [0.2, 0.25) is 11.7 Å². The van der Waals surface area contributed by atoms with E-state index in [1.807, 2.05) is 28.8 Å². The lowest BCUT2D eigenvalue weighted by atomic mass is 10.2. The number of carbonyl (C=O) groups is 1. The zero-order valence-corrected chi connectivity index (χ0v) is 17.2. The van der Waals surface area contributed by atoms with E-state index in [0.717, 1.165) is 17.7 Å². The predicted molar refractivity (Wildman–Crippen MR) is 113 cm³/mol. The largest absolute Gasteiger partial charge is 0.494 e. The molecule has 0 aliphatic rings. The summed E-state index contributed by atoms with van der Waals surface area (Å²) in [5.41, 5.74) is 6.56. The van der Waals surface area contributed by atoms with Crippen molar-refractivity contribution in [3.8, 4) is 17.6 Å². The number of aliphatic hydroxyl groups excluding tert-OH is 1. The first-order valence-electron chi connectivity index (χ1n) is 9.90. The summed E-state index contributed by atoms with van der Waals surface area (Å²) in [7, 11) is 0. The smallest absolute Gasteiger partial charge is 0.231 e. The highest BCUT2D eigenvalue weighted by molar-refractivity contribution is 5.75. The highest BCUT2D eigenvalue weighted by Crippen LogP contribution is 2.14. The van der Waals surface area contributed by atoms with E-state index in [2.05, 4.69) is 27.3 Å². The average Bonchev–Trinajstić information content (AvgIpc) is 3.39. The molecule has 1 aromatic carbocycles. The number of ether oxygens (including phenoxy) is 1. The number of aromatic nitrogens is 3. The normalized spacial score (nSPS) is 11.5. The Labute approximate surface area is 180 Å². The highest BCUT2D eigenvalue weighted by atomic mass is 16.5. The molecule has 0 unspecified atom stereocenters. The van der Waals surface area contributed by atoms with Gasteiger partial charge in [0.15, 0.2) is 0 Å². The number of carbonyl (C=O) groups excluding carboxylic acids is 1. The summed E-state index contributed by atoms with van der Waals surface area (Å²) in [6.07, 6.45) is 3.52. The molecule has 3 aromatic rings. The Morgan fingerprint density at radius 2 is 2.16 bits per heavy atom. The molecule has 0 fully saturated rings. The van der Waals surface area contributed by atoms with Crippen LogP contribution in [-0.4, -0.2) is 45.4 Å². The lowest BCUT2D eigenvalue weighted by Crippen LogP contribution is -2.29. The maximum absolute atomic E-state index is 10.6. The predicted octanol–water partition coefficient (Wildman–Crippen LogP) is 1.22. The van der Waals surface area contributed by atoms with Crippen molar-refractivity contribution in [3.63, 3.8) is 0 Å². The molecule has 3 rings (SSSR count). The number of hydrogen-bond donors (Lipinski definition) is 3. The molecule has 162 valence electrons. The zero-order chi connectivity index (χ0) is 22.1. The quantitative estimate of drug-likeness (QED) is 0.330. The number of rotatable bonds is 10. The van der Waals surface area contributed by atoms with Crippen molar-refractivity contribution >= 4 is 5.91 Å². The topological polar surface area (TPSA) is 128 Å². The van der Waals surface area contributed by atoms with Crippen molar-refractivity contribution in [2.75, 3.05) is 19.7 Å². The fourth-order valence-electron chi connectivity index (χ4n) is 2.81. The van der Waals surface area contributed by atoms with Gasteiger partial charge in [-0.1, -0.05) is 11.1 Å². The Balaban J connectivity index is 1.48. The van der Waals surface area contributed by atoms with E-state index < -0.39 is 6.10 Å². The Morgan fingerprint density at radius 3 is 2.90 bits per heavy atom. The van der Waals surface area contributed by atoms with Crippen molar-refractivity contribution in [3.05, 3.63) is 65.6 Å². The van der Waals surface area contributed by atoms with Crippen LogP contribution in [0.5, 0.6) is 5.75 Å². The van der Waals surface area contributed by atoms with Crippen LogP contribution in [0.25, 0.3) is 0 Å². The fourth-order valence-corrected chi connectivity index (χ4v) is 2.81. The minimum atomic E-state index is -0.661. The van der Waals surface area contributed by atoms with Crippen LogP contribution in [0.4, 0.5) is 0 Å². The van der Waals surface area contributed by atoms with Crippen molar-refractivity contribution in [1.29, 1.82) is 0 Å². The van der Waals surface area contributed by atoms with Crippen molar-refractivity contribution in [2.45, 2.75) is 26.0 Å². The molecule has 9 heteroatoms. The summed E-state index contributed by atoms with van der Waals surface area (Å²) >= 11 is 0. The average molecular weight is 423 g/mol. The molecule has 4 N–H and O–H groups in total. The van der Waals surface area contributed by atoms with E-state index in [9.17, 15) is 9.90 Å².